The van der Waals surface area contributed by atoms with E-state index in [1.54, 1.807) is 12.1 Å². The first-order valence-corrected chi connectivity index (χ1v) is 16.0. The van der Waals surface area contributed by atoms with Crippen molar-refractivity contribution in [2.75, 3.05) is 12.4 Å². The van der Waals surface area contributed by atoms with Crippen molar-refractivity contribution in [1.29, 1.82) is 0 Å². The molecule has 0 saturated heterocycles. The van der Waals surface area contributed by atoms with E-state index in [-0.39, 0.29) is 9.79 Å². The molecule has 35 heavy (non-hydrogen) atoms. The van der Waals surface area contributed by atoms with Crippen LogP contribution < -0.4 is 0 Å². The molecule has 4 rings (SSSR count). The molecule has 1 aliphatic heterocycles. The number of halogens is 3. The number of nitrogens with zero attached hydrogens (tertiary/aromatic N) is 3. The summed E-state index contributed by atoms with van der Waals surface area (Å²) in [6.45, 7) is 15.0. The van der Waals surface area contributed by atoms with Crippen molar-refractivity contribution in [3.05, 3.63) is 58.9 Å². The molecule has 0 radical (unpaired) electrons. The molecule has 2 heterocycles. The van der Waals surface area contributed by atoms with Crippen LogP contribution in [0.4, 0.5) is 8.78 Å². The van der Waals surface area contributed by atoms with Crippen molar-refractivity contribution < 1.29 is 13.2 Å². The van der Waals surface area contributed by atoms with Gasteiger partial charge in [-0.3, -0.25) is 0 Å². The van der Waals surface area contributed by atoms with Crippen LogP contribution >= 0.6 is 23.4 Å². The van der Waals surface area contributed by atoms with Gasteiger partial charge in [0.2, 0.25) is 0 Å². The molecule has 0 spiro atoms. The third-order valence-corrected chi connectivity index (χ3v) is 13.2. The summed E-state index contributed by atoms with van der Waals surface area (Å²) in [5.41, 5.74) is 1.82. The molecule has 188 valence electrons. The summed E-state index contributed by atoms with van der Waals surface area (Å²) in [6.07, 6.45) is 0.748. The van der Waals surface area contributed by atoms with Gasteiger partial charge in [-0.2, -0.15) is 11.8 Å². The Morgan fingerprint density at radius 1 is 1.09 bits per heavy atom. The van der Waals surface area contributed by atoms with Gasteiger partial charge in [0.15, 0.2) is 14.1 Å². The quantitative estimate of drug-likeness (QED) is 0.315. The van der Waals surface area contributed by atoms with Crippen LogP contribution in [-0.4, -0.2) is 40.2 Å². The van der Waals surface area contributed by atoms with E-state index in [9.17, 15) is 8.78 Å². The predicted octanol–water partition coefficient (Wildman–Crippen LogP) is 7.61. The van der Waals surface area contributed by atoms with Crippen molar-refractivity contribution >= 4 is 31.7 Å². The number of thioether (sulfide) groups is 1. The molecule has 0 fully saturated rings. The first-order chi connectivity index (χ1) is 16.3. The summed E-state index contributed by atoms with van der Waals surface area (Å²) in [4.78, 5) is 0. The summed E-state index contributed by atoms with van der Waals surface area (Å²) in [7, 11) is -1.86. The van der Waals surface area contributed by atoms with Gasteiger partial charge in [-0.1, -0.05) is 38.4 Å². The van der Waals surface area contributed by atoms with Gasteiger partial charge in [0.25, 0.3) is 0 Å². The largest absolute Gasteiger partial charge is 0.415 e. The Morgan fingerprint density at radius 3 is 2.40 bits per heavy atom. The molecule has 0 aliphatic carbocycles. The molecule has 1 atom stereocenters. The fourth-order valence-electron chi connectivity index (χ4n) is 3.91. The highest BCUT2D eigenvalue weighted by Crippen LogP contribution is 2.40. The maximum absolute atomic E-state index is 13.7. The van der Waals surface area contributed by atoms with Gasteiger partial charge >= 0.3 is 0 Å². The minimum Gasteiger partial charge on any atom is -0.415 e. The highest BCUT2D eigenvalue weighted by Gasteiger charge is 2.40. The number of rotatable bonds is 5. The summed E-state index contributed by atoms with van der Waals surface area (Å²) in [5, 5.41) is 9.63. The van der Waals surface area contributed by atoms with Crippen LogP contribution in [0.25, 0.3) is 22.5 Å². The summed E-state index contributed by atoms with van der Waals surface area (Å²) >= 11 is 8.56. The molecule has 1 unspecified atom stereocenters. The van der Waals surface area contributed by atoms with E-state index in [1.807, 2.05) is 17.8 Å². The number of hydrogen-bond donors (Lipinski definition) is 0. The zero-order chi connectivity index (χ0) is 25.6. The fraction of sp³-hybridized carbons (Fsp3) is 0.462. The number of aromatic nitrogens is 3. The van der Waals surface area contributed by atoms with E-state index in [1.165, 1.54) is 12.1 Å². The lowest BCUT2D eigenvalue weighted by Gasteiger charge is -2.39. The number of fused-ring (bicyclic) bond motifs is 1. The maximum Gasteiger partial charge on any atom is 0.192 e. The zero-order valence-corrected chi connectivity index (χ0v) is 23.7. The smallest absolute Gasteiger partial charge is 0.192 e. The lowest BCUT2D eigenvalue weighted by Crippen LogP contribution is -2.45. The van der Waals surface area contributed by atoms with Crippen molar-refractivity contribution in [3.63, 3.8) is 0 Å². The van der Waals surface area contributed by atoms with Gasteiger partial charge < -0.3 is 8.99 Å². The van der Waals surface area contributed by atoms with E-state index in [4.69, 9.17) is 16.0 Å². The summed E-state index contributed by atoms with van der Waals surface area (Å²) in [5.74, 6) is 1.28. The van der Waals surface area contributed by atoms with E-state index in [0.717, 1.165) is 36.2 Å². The van der Waals surface area contributed by atoms with Crippen molar-refractivity contribution in [3.8, 4) is 22.5 Å². The molecule has 2 aromatic carbocycles. The van der Waals surface area contributed by atoms with Gasteiger partial charge in [-0.15, -0.1) is 10.2 Å². The Balaban J connectivity index is 1.59. The topological polar surface area (TPSA) is 39.9 Å². The fourth-order valence-corrected chi connectivity index (χ4v) is 6.53. The molecule has 4 nitrogen and oxygen atoms in total. The van der Waals surface area contributed by atoms with Crippen LogP contribution in [0.15, 0.2) is 36.4 Å². The highest BCUT2D eigenvalue weighted by atomic mass is 35.5. The Hall–Kier alpha value is -1.74. The summed E-state index contributed by atoms with van der Waals surface area (Å²) in [6, 6.07) is 8.81. The van der Waals surface area contributed by atoms with E-state index < -0.39 is 20.0 Å². The first-order valence-electron chi connectivity index (χ1n) is 11.7. The van der Waals surface area contributed by atoms with Crippen LogP contribution in [-0.2, 0) is 17.4 Å². The van der Waals surface area contributed by atoms with E-state index >= 15 is 0 Å². The number of benzene rings is 2. The normalized spacial score (nSPS) is 18.9. The van der Waals surface area contributed by atoms with Gasteiger partial charge in [0.1, 0.15) is 17.5 Å². The molecule has 3 aromatic rings. The van der Waals surface area contributed by atoms with Gasteiger partial charge in [-0.05, 0) is 60.4 Å². The minimum atomic E-state index is -1.86. The SMILES string of the molecule is CC1(CO[Si](C)(C)C(C)(C)C)Cc2nnc(-c3ccc(-c4cc(F)cc(F)c4)cc3Cl)n2CCS1. The van der Waals surface area contributed by atoms with Crippen LogP contribution in [0.2, 0.25) is 23.2 Å². The molecule has 1 aliphatic rings. The van der Waals surface area contributed by atoms with E-state index in [0.29, 0.717) is 28.6 Å². The number of hydrogen-bond acceptors (Lipinski definition) is 4. The lowest BCUT2D eigenvalue weighted by atomic mass is 10.0. The Kier molecular flexibility index (Phi) is 7.23. The highest BCUT2D eigenvalue weighted by molar-refractivity contribution is 8.00. The van der Waals surface area contributed by atoms with Crippen LogP contribution in [0.3, 0.4) is 0 Å². The molecule has 0 saturated carbocycles. The Labute approximate surface area is 216 Å². The molecular formula is C26H32ClF2N3OSSi. The second kappa shape index (κ2) is 9.61. The second-order valence-corrected chi connectivity index (χ2v) is 17.9. The molecule has 1 aromatic heterocycles. The van der Waals surface area contributed by atoms with Crippen molar-refractivity contribution in [1.82, 2.24) is 14.8 Å². The molecule has 0 bridgehead atoms. The van der Waals surface area contributed by atoms with E-state index in [2.05, 4.69) is 55.6 Å². The first kappa shape index (κ1) is 26.3. The van der Waals surface area contributed by atoms with Crippen LogP contribution in [0, 0.1) is 11.6 Å². The Bertz CT molecular complexity index is 1220. The molecule has 0 N–H and O–H groups in total. The van der Waals surface area contributed by atoms with Crippen molar-refractivity contribution in [2.24, 2.45) is 0 Å². The third-order valence-electron chi connectivity index (χ3n) is 7.08. The molecule has 9 heteroatoms. The van der Waals surface area contributed by atoms with Gasteiger partial charge in [0.05, 0.1) is 5.02 Å². The van der Waals surface area contributed by atoms with Crippen LogP contribution in [0.1, 0.15) is 33.5 Å². The summed E-state index contributed by atoms with van der Waals surface area (Å²) < 4.78 is 36.0. The minimum absolute atomic E-state index is 0.0941. The standard InChI is InChI=1S/C26H32ClF2N3OSSi/c1-25(2,3)35(5,6)33-16-26(4)15-23-30-31-24(32(23)9-10-34-26)21-8-7-17(13-22(21)27)18-11-19(28)14-20(29)12-18/h7-8,11-14H,9-10,15-16H2,1-6H3. The monoisotopic (exact) mass is 535 g/mol. The lowest BCUT2D eigenvalue weighted by molar-refractivity contribution is 0.252. The average Bonchev–Trinajstić information content (AvgIpc) is 3.04. The Morgan fingerprint density at radius 2 is 1.77 bits per heavy atom. The maximum atomic E-state index is 13.7. The molecular weight excluding hydrogens is 504 g/mol. The average molecular weight is 536 g/mol. The molecule has 0 amide bonds. The van der Waals surface area contributed by atoms with Crippen molar-refractivity contribution in [2.45, 2.75) is 63.5 Å². The van der Waals surface area contributed by atoms with Gasteiger partial charge in [-0.25, -0.2) is 8.78 Å². The predicted molar refractivity (Wildman–Crippen MR) is 144 cm³/mol. The van der Waals surface area contributed by atoms with Gasteiger partial charge in [0, 0.05) is 41.7 Å². The third kappa shape index (κ3) is 5.66. The zero-order valence-electron chi connectivity index (χ0n) is 21.1. The van der Waals surface area contributed by atoms with Crippen LogP contribution in [0.5, 0.6) is 0 Å². The second-order valence-electron chi connectivity index (χ2n) is 11.0.